The van der Waals surface area contributed by atoms with E-state index in [-0.39, 0.29) is 11.7 Å². The van der Waals surface area contributed by atoms with Crippen LogP contribution in [-0.2, 0) is 13.1 Å². The standard InChI is InChI=1S/C20H26N4O/c1-5-7-12-22-13-16(6-2)21-19(22)14-23-17-10-8-9-11-18(17)24(15(3)4)20(23)25/h6,8-11,13,15H,2,5,7,12,14H2,1,3-4H3. The molecule has 0 amide bonds. The van der Waals surface area contributed by atoms with Crippen molar-refractivity contribution in [3.8, 4) is 0 Å². The highest BCUT2D eigenvalue weighted by molar-refractivity contribution is 5.76. The second-order valence-electron chi connectivity index (χ2n) is 6.65. The van der Waals surface area contributed by atoms with E-state index in [4.69, 9.17) is 0 Å². The van der Waals surface area contributed by atoms with Crippen LogP contribution in [0, 0.1) is 0 Å². The molecule has 2 heterocycles. The molecule has 0 aliphatic carbocycles. The second kappa shape index (κ2) is 7.13. The number of rotatable bonds is 7. The number of aryl methyl sites for hydroxylation is 1. The quantitative estimate of drug-likeness (QED) is 0.652. The van der Waals surface area contributed by atoms with E-state index >= 15 is 0 Å². The van der Waals surface area contributed by atoms with Crippen LogP contribution in [0.15, 0.2) is 41.8 Å². The predicted molar refractivity (Wildman–Crippen MR) is 103 cm³/mol. The lowest BCUT2D eigenvalue weighted by molar-refractivity contribution is 0.554. The van der Waals surface area contributed by atoms with Crippen LogP contribution in [0.1, 0.15) is 51.2 Å². The zero-order valence-electron chi connectivity index (χ0n) is 15.3. The molecule has 0 unspecified atom stereocenters. The minimum absolute atomic E-state index is 0.0152. The van der Waals surface area contributed by atoms with Gasteiger partial charge >= 0.3 is 5.69 Å². The number of imidazole rings is 2. The van der Waals surface area contributed by atoms with E-state index in [1.807, 2.05) is 53.4 Å². The molecule has 0 fully saturated rings. The van der Waals surface area contributed by atoms with Crippen LogP contribution in [0.25, 0.3) is 17.1 Å². The maximum absolute atomic E-state index is 13.0. The van der Waals surface area contributed by atoms with Crippen molar-refractivity contribution in [2.24, 2.45) is 0 Å². The molecule has 25 heavy (non-hydrogen) atoms. The zero-order valence-corrected chi connectivity index (χ0v) is 15.3. The summed E-state index contributed by atoms with van der Waals surface area (Å²) in [5.41, 5.74) is 2.79. The molecule has 0 radical (unpaired) electrons. The van der Waals surface area contributed by atoms with E-state index in [9.17, 15) is 4.79 Å². The first-order chi connectivity index (χ1) is 12.1. The van der Waals surface area contributed by atoms with Crippen molar-refractivity contribution in [1.82, 2.24) is 18.7 Å². The van der Waals surface area contributed by atoms with Crippen molar-refractivity contribution in [1.29, 1.82) is 0 Å². The SMILES string of the molecule is C=Cc1cn(CCCC)c(Cn2c(=O)n(C(C)C)c3ccccc32)n1. The predicted octanol–water partition coefficient (Wildman–Crippen LogP) is 4.07. The minimum Gasteiger partial charge on any atom is -0.333 e. The lowest BCUT2D eigenvalue weighted by Gasteiger charge is -2.08. The molecule has 0 atom stereocenters. The molecule has 0 aliphatic heterocycles. The van der Waals surface area contributed by atoms with Crippen molar-refractivity contribution in [3.05, 3.63) is 59.0 Å². The Hall–Kier alpha value is -2.56. The average molecular weight is 338 g/mol. The highest BCUT2D eigenvalue weighted by atomic mass is 16.1. The molecule has 5 nitrogen and oxygen atoms in total. The number of unbranched alkanes of at least 4 members (excludes halogenated alkanes) is 1. The Morgan fingerprint density at radius 1 is 1.24 bits per heavy atom. The summed E-state index contributed by atoms with van der Waals surface area (Å²) in [4.78, 5) is 17.7. The minimum atomic E-state index is 0.0152. The van der Waals surface area contributed by atoms with Gasteiger partial charge < -0.3 is 4.57 Å². The summed E-state index contributed by atoms with van der Waals surface area (Å²) in [6.07, 6.45) is 5.98. The van der Waals surface area contributed by atoms with Gasteiger partial charge in [0.2, 0.25) is 0 Å². The summed E-state index contributed by atoms with van der Waals surface area (Å²) in [5, 5.41) is 0. The van der Waals surface area contributed by atoms with Gasteiger partial charge in [-0.2, -0.15) is 0 Å². The summed E-state index contributed by atoms with van der Waals surface area (Å²) in [5.74, 6) is 0.900. The number of fused-ring (bicyclic) bond motifs is 1. The molecular formula is C20H26N4O. The van der Waals surface area contributed by atoms with Crippen molar-refractivity contribution in [3.63, 3.8) is 0 Å². The molecule has 0 spiro atoms. The van der Waals surface area contributed by atoms with Gasteiger partial charge in [-0.15, -0.1) is 0 Å². The van der Waals surface area contributed by atoms with Crippen LogP contribution < -0.4 is 5.69 Å². The Bertz CT molecular complexity index is 942. The van der Waals surface area contributed by atoms with Gasteiger partial charge in [-0.1, -0.05) is 32.1 Å². The highest BCUT2D eigenvalue weighted by Crippen LogP contribution is 2.18. The van der Waals surface area contributed by atoms with Gasteiger partial charge in [0.15, 0.2) is 0 Å². The number of hydrogen-bond acceptors (Lipinski definition) is 2. The summed E-state index contributed by atoms with van der Waals surface area (Å²) in [7, 11) is 0. The number of para-hydroxylation sites is 2. The van der Waals surface area contributed by atoms with Crippen molar-refractivity contribution < 1.29 is 0 Å². The molecule has 2 aromatic heterocycles. The topological polar surface area (TPSA) is 44.8 Å². The number of benzene rings is 1. The molecule has 0 bridgehead atoms. The van der Waals surface area contributed by atoms with Crippen LogP contribution in [-0.4, -0.2) is 18.7 Å². The molecule has 0 N–H and O–H groups in total. The van der Waals surface area contributed by atoms with E-state index < -0.39 is 0 Å². The van der Waals surface area contributed by atoms with E-state index in [0.29, 0.717) is 6.54 Å². The monoisotopic (exact) mass is 338 g/mol. The van der Waals surface area contributed by atoms with Gasteiger partial charge in [0, 0.05) is 18.8 Å². The van der Waals surface area contributed by atoms with Gasteiger partial charge in [0.05, 0.1) is 23.3 Å². The summed E-state index contributed by atoms with van der Waals surface area (Å²) < 4.78 is 5.82. The van der Waals surface area contributed by atoms with E-state index in [1.165, 1.54) is 0 Å². The zero-order chi connectivity index (χ0) is 18.0. The van der Waals surface area contributed by atoms with Gasteiger partial charge in [-0.3, -0.25) is 9.13 Å². The molecule has 0 saturated heterocycles. The largest absolute Gasteiger partial charge is 0.333 e. The number of hydrogen-bond donors (Lipinski definition) is 0. The number of nitrogens with zero attached hydrogens (tertiary/aromatic N) is 4. The first kappa shape index (κ1) is 17.3. The third kappa shape index (κ3) is 3.18. The van der Waals surface area contributed by atoms with Crippen LogP contribution in [0.4, 0.5) is 0 Å². The van der Waals surface area contributed by atoms with Crippen molar-refractivity contribution >= 4 is 17.1 Å². The molecule has 1 aromatic carbocycles. The maximum atomic E-state index is 13.0. The molecule has 0 aliphatic rings. The Kier molecular flexibility index (Phi) is 4.93. The molecule has 132 valence electrons. The third-order valence-electron chi connectivity index (χ3n) is 4.52. The highest BCUT2D eigenvalue weighted by Gasteiger charge is 2.17. The average Bonchev–Trinajstić information content (AvgIpc) is 3.12. The smallest absolute Gasteiger partial charge is 0.329 e. The fourth-order valence-corrected chi connectivity index (χ4v) is 3.25. The first-order valence-corrected chi connectivity index (χ1v) is 8.95. The summed E-state index contributed by atoms with van der Waals surface area (Å²) >= 11 is 0. The molecule has 0 saturated carbocycles. The fourth-order valence-electron chi connectivity index (χ4n) is 3.25. The van der Waals surface area contributed by atoms with Crippen LogP contribution in [0.5, 0.6) is 0 Å². The van der Waals surface area contributed by atoms with Gasteiger partial charge in [0.1, 0.15) is 5.82 Å². The van der Waals surface area contributed by atoms with E-state index in [0.717, 1.165) is 41.9 Å². The van der Waals surface area contributed by atoms with Crippen LogP contribution >= 0.6 is 0 Å². The normalized spacial score (nSPS) is 11.5. The lowest BCUT2D eigenvalue weighted by atomic mass is 10.3. The Labute approximate surface area is 148 Å². The lowest BCUT2D eigenvalue weighted by Crippen LogP contribution is -2.26. The third-order valence-corrected chi connectivity index (χ3v) is 4.52. The maximum Gasteiger partial charge on any atom is 0.329 e. The molecular weight excluding hydrogens is 312 g/mol. The van der Waals surface area contributed by atoms with Gasteiger partial charge in [-0.05, 0) is 38.5 Å². The molecule has 5 heteroatoms. The van der Waals surface area contributed by atoms with Crippen molar-refractivity contribution in [2.45, 2.75) is 52.7 Å². The summed E-state index contributed by atoms with van der Waals surface area (Å²) in [6.45, 7) is 11.4. The molecule has 3 rings (SSSR count). The van der Waals surface area contributed by atoms with E-state index in [1.54, 1.807) is 6.08 Å². The van der Waals surface area contributed by atoms with Crippen LogP contribution in [0.3, 0.4) is 0 Å². The second-order valence-corrected chi connectivity index (χ2v) is 6.65. The van der Waals surface area contributed by atoms with Gasteiger partial charge in [-0.25, -0.2) is 9.78 Å². The first-order valence-electron chi connectivity index (χ1n) is 8.95. The molecule has 3 aromatic rings. The summed E-state index contributed by atoms with van der Waals surface area (Å²) in [6, 6.07) is 8.07. The van der Waals surface area contributed by atoms with Gasteiger partial charge in [0.25, 0.3) is 0 Å². The fraction of sp³-hybridized carbons (Fsp3) is 0.400. The Balaban J connectivity index is 2.10. The Morgan fingerprint density at radius 2 is 1.96 bits per heavy atom. The Morgan fingerprint density at radius 3 is 2.60 bits per heavy atom. The van der Waals surface area contributed by atoms with E-state index in [2.05, 4.69) is 23.1 Å². The number of aromatic nitrogens is 4. The van der Waals surface area contributed by atoms with Crippen molar-refractivity contribution in [2.75, 3.05) is 0 Å². The van der Waals surface area contributed by atoms with Crippen LogP contribution in [0.2, 0.25) is 0 Å².